The molecule has 0 aliphatic carbocycles. The van der Waals surface area contributed by atoms with Gasteiger partial charge in [-0.1, -0.05) is 31.9 Å². The summed E-state index contributed by atoms with van der Waals surface area (Å²) in [5.41, 5.74) is 1.89. The van der Waals surface area contributed by atoms with Crippen molar-refractivity contribution in [1.29, 1.82) is 0 Å². The van der Waals surface area contributed by atoms with Crippen LogP contribution in [0.4, 0.5) is 11.9 Å². The van der Waals surface area contributed by atoms with Crippen molar-refractivity contribution in [3.05, 3.63) is 30.6 Å². The molecular formula is C24H34N8O2. The first kappa shape index (κ1) is 22.9. The molecule has 3 aromatic rings. The topological polar surface area (TPSA) is 93.5 Å². The molecule has 182 valence electrons. The Morgan fingerprint density at radius 3 is 2.47 bits per heavy atom. The van der Waals surface area contributed by atoms with Gasteiger partial charge < -0.3 is 19.7 Å². The number of anilines is 2. The Labute approximate surface area is 200 Å². The van der Waals surface area contributed by atoms with Gasteiger partial charge in [0.2, 0.25) is 17.8 Å². The van der Waals surface area contributed by atoms with Crippen LogP contribution in [0.2, 0.25) is 0 Å². The van der Waals surface area contributed by atoms with Gasteiger partial charge in [-0.2, -0.15) is 15.0 Å². The molecule has 0 bridgehead atoms. The van der Waals surface area contributed by atoms with Gasteiger partial charge in [-0.3, -0.25) is 9.47 Å². The molecule has 1 aromatic carbocycles. The van der Waals surface area contributed by atoms with Gasteiger partial charge in [0.1, 0.15) is 6.33 Å². The van der Waals surface area contributed by atoms with Crippen molar-refractivity contribution >= 4 is 22.9 Å². The number of morpholine rings is 2. The molecule has 2 aliphatic heterocycles. The minimum absolute atomic E-state index is 0.421. The number of nitrogens with one attached hydrogen (secondary N) is 1. The van der Waals surface area contributed by atoms with Crippen LogP contribution in [0.3, 0.4) is 0 Å². The molecule has 34 heavy (non-hydrogen) atoms. The molecule has 5 rings (SSSR count). The van der Waals surface area contributed by atoms with Crippen LogP contribution < -0.4 is 10.2 Å². The van der Waals surface area contributed by atoms with Crippen molar-refractivity contribution in [2.75, 3.05) is 69.4 Å². The Balaban J connectivity index is 1.42. The largest absolute Gasteiger partial charge is 0.379 e. The van der Waals surface area contributed by atoms with Crippen LogP contribution in [0.25, 0.3) is 17.0 Å². The lowest BCUT2D eigenvalue weighted by Crippen LogP contribution is -2.46. The maximum atomic E-state index is 5.57. The second-order valence-electron chi connectivity index (χ2n) is 8.79. The van der Waals surface area contributed by atoms with E-state index in [0.29, 0.717) is 37.1 Å². The summed E-state index contributed by atoms with van der Waals surface area (Å²) in [6.07, 6.45) is 5.31. The molecule has 1 N–H and O–H groups in total. The van der Waals surface area contributed by atoms with Gasteiger partial charge in [-0.15, -0.1) is 0 Å². The number of aromatic nitrogens is 5. The molecule has 0 saturated carbocycles. The van der Waals surface area contributed by atoms with E-state index in [1.807, 2.05) is 28.8 Å². The minimum atomic E-state index is 0.421. The number of hydrogen-bond donors (Lipinski definition) is 1. The number of unbranched alkanes of at least 4 members (excludes halogenated alkanes) is 1. The summed E-state index contributed by atoms with van der Waals surface area (Å²) < 4.78 is 13.0. The van der Waals surface area contributed by atoms with Gasteiger partial charge in [0.15, 0.2) is 0 Å². The van der Waals surface area contributed by atoms with Gasteiger partial charge in [0.05, 0.1) is 37.5 Å². The summed E-state index contributed by atoms with van der Waals surface area (Å²) in [4.78, 5) is 23.6. The van der Waals surface area contributed by atoms with Crippen LogP contribution >= 0.6 is 0 Å². The molecule has 0 spiro atoms. The van der Waals surface area contributed by atoms with E-state index < -0.39 is 0 Å². The molecule has 4 heterocycles. The Bertz CT molecular complexity index is 1060. The predicted octanol–water partition coefficient (Wildman–Crippen LogP) is 2.35. The lowest BCUT2D eigenvalue weighted by Gasteiger charge is -2.34. The summed E-state index contributed by atoms with van der Waals surface area (Å²) in [7, 11) is 0. The minimum Gasteiger partial charge on any atom is -0.379 e. The predicted molar refractivity (Wildman–Crippen MR) is 132 cm³/mol. The summed E-state index contributed by atoms with van der Waals surface area (Å²) in [6, 6.07) is 8.44. The zero-order valence-electron chi connectivity index (χ0n) is 19.9. The fourth-order valence-electron chi connectivity index (χ4n) is 4.57. The number of imidazole rings is 1. The van der Waals surface area contributed by atoms with E-state index in [4.69, 9.17) is 24.4 Å². The summed E-state index contributed by atoms with van der Waals surface area (Å²) in [5.74, 6) is 1.84. The highest BCUT2D eigenvalue weighted by molar-refractivity contribution is 5.76. The fourth-order valence-corrected chi connectivity index (χ4v) is 4.57. The van der Waals surface area contributed by atoms with Gasteiger partial charge >= 0.3 is 0 Å². The van der Waals surface area contributed by atoms with E-state index >= 15 is 0 Å². The molecule has 10 nitrogen and oxygen atoms in total. The van der Waals surface area contributed by atoms with Crippen LogP contribution in [0.5, 0.6) is 0 Å². The van der Waals surface area contributed by atoms with Crippen molar-refractivity contribution < 1.29 is 9.47 Å². The number of ether oxygens (including phenoxy) is 2. The van der Waals surface area contributed by atoms with Crippen molar-refractivity contribution in [2.24, 2.45) is 0 Å². The molecular weight excluding hydrogens is 432 g/mol. The van der Waals surface area contributed by atoms with Crippen molar-refractivity contribution in [3.63, 3.8) is 0 Å². The number of benzene rings is 1. The summed E-state index contributed by atoms with van der Waals surface area (Å²) >= 11 is 0. The van der Waals surface area contributed by atoms with Gasteiger partial charge in [-0.25, -0.2) is 4.98 Å². The second-order valence-corrected chi connectivity index (χ2v) is 8.79. The average molecular weight is 467 g/mol. The molecule has 2 saturated heterocycles. The maximum Gasteiger partial charge on any atom is 0.242 e. The summed E-state index contributed by atoms with van der Waals surface area (Å²) in [5, 5.41) is 3.54. The normalized spacial score (nSPS) is 18.3. The van der Waals surface area contributed by atoms with Crippen LogP contribution in [0, 0.1) is 0 Å². The van der Waals surface area contributed by atoms with Gasteiger partial charge in [-0.05, 0) is 18.6 Å². The lowest BCUT2D eigenvalue weighted by molar-refractivity contribution is 0.0170. The third kappa shape index (κ3) is 5.29. The molecule has 1 unspecified atom stereocenters. The number of fused-ring (bicyclic) bond motifs is 1. The maximum absolute atomic E-state index is 5.57. The third-order valence-corrected chi connectivity index (χ3v) is 6.52. The Morgan fingerprint density at radius 2 is 1.68 bits per heavy atom. The van der Waals surface area contributed by atoms with Crippen LogP contribution in [-0.2, 0) is 9.47 Å². The van der Waals surface area contributed by atoms with Crippen LogP contribution in [0.15, 0.2) is 30.6 Å². The smallest absolute Gasteiger partial charge is 0.242 e. The molecule has 2 aliphatic rings. The van der Waals surface area contributed by atoms with E-state index in [2.05, 4.69) is 27.0 Å². The van der Waals surface area contributed by atoms with Crippen LogP contribution in [0.1, 0.15) is 26.2 Å². The van der Waals surface area contributed by atoms with Gasteiger partial charge in [0.25, 0.3) is 0 Å². The quantitative estimate of drug-likeness (QED) is 0.510. The second kappa shape index (κ2) is 11.1. The zero-order chi connectivity index (χ0) is 23.2. The lowest BCUT2D eigenvalue weighted by atomic mass is 10.1. The Hall–Kier alpha value is -2.82. The van der Waals surface area contributed by atoms with E-state index in [0.717, 1.165) is 63.4 Å². The van der Waals surface area contributed by atoms with Crippen molar-refractivity contribution in [2.45, 2.75) is 32.2 Å². The highest BCUT2D eigenvalue weighted by atomic mass is 16.5. The van der Waals surface area contributed by atoms with Crippen LogP contribution in [-0.4, -0.2) is 94.6 Å². The standard InChI is InChI=1S/C24H34N8O2/c1-2-3-6-19(30-9-13-33-14-10-30)17-25-22-27-23(31-11-15-34-16-12-31)29-24(28-22)32-18-26-20-7-4-5-8-21(20)32/h4-5,7-8,18-19H,2-3,6,9-17H2,1H3,(H,25,27,28,29). The van der Waals surface area contributed by atoms with Crippen molar-refractivity contribution in [1.82, 2.24) is 29.4 Å². The third-order valence-electron chi connectivity index (χ3n) is 6.52. The Morgan fingerprint density at radius 1 is 0.941 bits per heavy atom. The molecule has 2 fully saturated rings. The van der Waals surface area contributed by atoms with Crippen molar-refractivity contribution in [3.8, 4) is 5.95 Å². The number of rotatable bonds is 9. The van der Waals surface area contributed by atoms with E-state index in [1.165, 1.54) is 12.8 Å². The summed E-state index contributed by atoms with van der Waals surface area (Å²) in [6.45, 7) is 9.45. The van der Waals surface area contributed by atoms with E-state index in [9.17, 15) is 0 Å². The monoisotopic (exact) mass is 466 g/mol. The molecule has 10 heteroatoms. The highest BCUT2D eigenvalue weighted by Gasteiger charge is 2.22. The SMILES string of the molecule is CCCCC(CNc1nc(N2CCOCC2)nc(-n2cnc3ccccc32)n1)N1CCOCC1. The molecule has 0 radical (unpaired) electrons. The first-order valence-corrected chi connectivity index (χ1v) is 12.4. The van der Waals surface area contributed by atoms with Gasteiger partial charge in [0, 0.05) is 38.8 Å². The van der Waals surface area contributed by atoms with E-state index in [1.54, 1.807) is 6.33 Å². The first-order chi connectivity index (χ1) is 16.8. The Kier molecular flexibility index (Phi) is 7.47. The number of hydrogen-bond acceptors (Lipinski definition) is 9. The zero-order valence-corrected chi connectivity index (χ0v) is 19.9. The molecule has 0 amide bonds. The fraction of sp³-hybridized carbons (Fsp3) is 0.583. The molecule has 1 atom stereocenters. The van der Waals surface area contributed by atoms with E-state index in [-0.39, 0.29) is 0 Å². The highest BCUT2D eigenvalue weighted by Crippen LogP contribution is 2.20. The number of nitrogens with zero attached hydrogens (tertiary/aromatic N) is 7. The average Bonchev–Trinajstić information content (AvgIpc) is 3.34. The molecule has 2 aromatic heterocycles. The first-order valence-electron chi connectivity index (χ1n) is 12.4. The number of para-hydroxylation sites is 2.